The quantitative estimate of drug-likeness (QED) is 0.707. The van der Waals surface area contributed by atoms with Gasteiger partial charge < -0.3 is 15.2 Å². The third-order valence-corrected chi connectivity index (χ3v) is 3.77. The van der Waals surface area contributed by atoms with Crippen molar-refractivity contribution in [3.63, 3.8) is 0 Å². The molecule has 4 nitrogen and oxygen atoms in total. The van der Waals surface area contributed by atoms with E-state index >= 15 is 0 Å². The molecule has 0 bridgehead atoms. The molecule has 0 aliphatic carbocycles. The summed E-state index contributed by atoms with van der Waals surface area (Å²) in [5, 5.41) is 0. The molecule has 0 unspecified atom stereocenters. The highest BCUT2D eigenvalue weighted by Crippen LogP contribution is 2.22. The van der Waals surface area contributed by atoms with Gasteiger partial charge in [0.2, 0.25) is 0 Å². The summed E-state index contributed by atoms with van der Waals surface area (Å²) in [4.78, 5) is 2.45. The second-order valence-corrected chi connectivity index (χ2v) is 5.00. The van der Waals surface area contributed by atoms with Crippen molar-refractivity contribution < 1.29 is 9.47 Å². The number of benzene rings is 1. The van der Waals surface area contributed by atoms with Crippen LogP contribution >= 0.6 is 0 Å². The van der Waals surface area contributed by atoms with Crippen LogP contribution in [0.1, 0.15) is 32.3 Å². The highest BCUT2D eigenvalue weighted by Gasteiger charge is 2.16. The van der Waals surface area contributed by atoms with E-state index in [0.717, 1.165) is 49.5 Å². The first-order chi connectivity index (χ1) is 9.65. The minimum absolute atomic E-state index is 0.562. The van der Waals surface area contributed by atoms with E-state index in [1.165, 1.54) is 0 Å². The van der Waals surface area contributed by atoms with Crippen molar-refractivity contribution in [2.75, 3.05) is 33.1 Å². The van der Waals surface area contributed by atoms with Crippen LogP contribution in [0, 0.1) is 0 Å². The van der Waals surface area contributed by atoms with Crippen LogP contribution < -0.4 is 10.5 Å². The summed E-state index contributed by atoms with van der Waals surface area (Å²) < 4.78 is 10.4. The van der Waals surface area contributed by atoms with Crippen LogP contribution in [0.15, 0.2) is 18.2 Å². The van der Waals surface area contributed by atoms with Gasteiger partial charge in [0.1, 0.15) is 5.75 Å². The molecule has 0 heterocycles. The average molecular weight is 280 g/mol. The maximum Gasteiger partial charge on any atom is 0.120 e. The Morgan fingerprint density at radius 3 is 2.40 bits per heavy atom. The zero-order chi connectivity index (χ0) is 15.0. The number of hydrogen-bond acceptors (Lipinski definition) is 4. The smallest absolute Gasteiger partial charge is 0.120 e. The van der Waals surface area contributed by atoms with Crippen LogP contribution in [0.25, 0.3) is 0 Å². The molecular formula is C16H28N2O2. The van der Waals surface area contributed by atoms with E-state index in [2.05, 4.69) is 24.8 Å². The maximum atomic E-state index is 6.12. The van der Waals surface area contributed by atoms with Crippen molar-refractivity contribution >= 4 is 5.69 Å². The van der Waals surface area contributed by atoms with E-state index in [4.69, 9.17) is 15.2 Å². The van der Waals surface area contributed by atoms with Gasteiger partial charge in [-0.05, 0) is 24.5 Å². The lowest BCUT2D eigenvalue weighted by Crippen LogP contribution is -2.36. The lowest BCUT2D eigenvalue weighted by Gasteiger charge is -2.30. The van der Waals surface area contributed by atoms with Crippen molar-refractivity contribution in [2.24, 2.45) is 0 Å². The highest BCUT2D eigenvalue weighted by atomic mass is 16.5. The number of hydrogen-bond donors (Lipinski definition) is 1. The van der Waals surface area contributed by atoms with Crippen molar-refractivity contribution in [1.82, 2.24) is 4.90 Å². The maximum absolute atomic E-state index is 6.12. The standard InChI is InChI=1S/C16H28N2O2/c1-5-14(6-2)18(9-10-19-3)12-13-7-8-15(20-4)11-16(13)17/h7-8,11,14H,5-6,9-10,12,17H2,1-4H3. The topological polar surface area (TPSA) is 47.7 Å². The number of nitrogens with two attached hydrogens (primary N) is 1. The fourth-order valence-corrected chi connectivity index (χ4v) is 2.47. The summed E-state index contributed by atoms with van der Waals surface area (Å²) in [5.74, 6) is 0.803. The largest absolute Gasteiger partial charge is 0.497 e. The Morgan fingerprint density at radius 2 is 1.90 bits per heavy atom. The molecule has 0 radical (unpaired) electrons. The monoisotopic (exact) mass is 280 g/mol. The van der Waals surface area contributed by atoms with Crippen LogP contribution in [0.2, 0.25) is 0 Å². The van der Waals surface area contributed by atoms with E-state index < -0.39 is 0 Å². The van der Waals surface area contributed by atoms with Gasteiger partial charge in [-0.15, -0.1) is 0 Å². The molecule has 0 aliphatic rings. The Bertz CT molecular complexity index is 392. The molecule has 114 valence electrons. The second kappa shape index (κ2) is 8.82. The fraction of sp³-hybridized carbons (Fsp3) is 0.625. The van der Waals surface area contributed by atoms with Crippen molar-refractivity contribution in [3.8, 4) is 5.75 Å². The molecule has 0 aromatic heterocycles. The zero-order valence-electron chi connectivity index (χ0n) is 13.2. The normalized spacial score (nSPS) is 11.3. The third-order valence-electron chi connectivity index (χ3n) is 3.77. The van der Waals surface area contributed by atoms with E-state index in [0.29, 0.717) is 6.04 Å². The predicted octanol–water partition coefficient (Wildman–Crippen LogP) is 2.91. The molecule has 1 aromatic rings. The van der Waals surface area contributed by atoms with Gasteiger partial charge in [0.05, 0.1) is 13.7 Å². The van der Waals surface area contributed by atoms with E-state index in [1.807, 2.05) is 12.1 Å². The van der Waals surface area contributed by atoms with Gasteiger partial charge in [0.25, 0.3) is 0 Å². The molecule has 1 rings (SSSR count). The Morgan fingerprint density at radius 1 is 1.20 bits per heavy atom. The fourth-order valence-electron chi connectivity index (χ4n) is 2.47. The molecule has 0 atom stereocenters. The molecule has 0 aliphatic heterocycles. The first kappa shape index (κ1) is 16.8. The van der Waals surface area contributed by atoms with Gasteiger partial charge in [-0.1, -0.05) is 19.9 Å². The van der Waals surface area contributed by atoms with E-state index in [-0.39, 0.29) is 0 Å². The Hall–Kier alpha value is -1.26. The summed E-state index contributed by atoms with van der Waals surface area (Å²) in [5.41, 5.74) is 8.06. The van der Waals surface area contributed by atoms with Crippen LogP contribution in [-0.4, -0.2) is 38.3 Å². The molecule has 0 amide bonds. The number of rotatable bonds is 9. The summed E-state index contributed by atoms with van der Waals surface area (Å²) in [6.45, 7) is 6.98. The zero-order valence-corrected chi connectivity index (χ0v) is 13.2. The van der Waals surface area contributed by atoms with E-state index in [9.17, 15) is 0 Å². The molecule has 4 heteroatoms. The Labute approximate surface area is 122 Å². The number of methoxy groups -OCH3 is 2. The SMILES string of the molecule is CCC(CC)N(CCOC)Cc1ccc(OC)cc1N. The van der Waals surface area contributed by atoms with Crippen molar-refractivity contribution in [2.45, 2.75) is 39.3 Å². The molecule has 0 fully saturated rings. The Kier molecular flexibility index (Phi) is 7.41. The lowest BCUT2D eigenvalue weighted by molar-refractivity contribution is 0.110. The average Bonchev–Trinajstić information content (AvgIpc) is 2.47. The first-order valence-electron chi connectivity index (χ1n) is 7.31. The van der Waals surface area contributed by atoms with Crippen molar-refractivity contribution in [3.05, 3.63) is 23.8 Å². The van der Waals surface area contributed by atoms with Crippen molar-refractivity contribution in [1.29, 1.82) is 0 Å². The summed E-state index contributed by atoms with van der Waals surface area (Å²) in [6.07, 6.45) is 2.27. The molecule has 0 saturated carbocycles. The van der Waals surface area contributed by atoms with Gasteiger partial charge in [0.15, 0.2) is 0 Å². The minimum atomic E-state index is 0.562. The van der Waals surface area contributed by atoms with Crippen LogP contribution in [-0.2, 0) is 11.3 Å². The van der Waals surface area contributed by atoms with Gasteiger partial charge >= 0.3 is 0 Å². The van der Waals surface area contributed by atoms with Gasteiger partial charge in [0, 0.05) is 38.0 Å². The Balaban J connectivity index is 2.82. The number of nitrogens with zero attached hydrogens (tertiary/aromatic N) is 1. The molecule has 0 spiro atoms. The minimum Gasteiger partial charge on any atom is -0.497 e. The van der Waals surface area contributed by atoms with Crippen LogP contribution in [0.4, 0.5) is 5.69 Å². The second-order valence-electron chi connectivity index (χ2n) is 5.00. The van der Waals surface area contributed by atoms with E-state index in [1.54, 1.807) is 14.2 Å². The highest BCUT2D eigenvalue weighted by molar-refractivity contribution is 5.51. The summed E-state index contributed by atoms with van der Waals surface area (Å²) in [6, 6.07) is 6.46. The van der Waals surface area contributed by atoms with Gasteiger partial charge in [-0.3, -0.25) is 4.90 Å². The predicted molar refractivity (Wildman–Crippen MR) is 84.1 cm³/mol. The van der Waals surface area contributed by atoms with Crippen LogP contribution in [0.3, 0.4) is 0 Å². The van der Waals surface area contributed by atoms with Crippen LogP contribution in [0.5, 0.6) is 5.75 Å². The summed E-state index contributed by atoms with van der Waals surface area (Å²) in [7, 11) is 3.40. The molecule has 0 saturated heterocycles. The first-order valence-corrected chi connectivity index (χ1v) is 7.31. The number of ether oxygens (including phenoxy) is 2. The number of nitrogen functional groups attached to an aromatic ring is 1. The molecular weight excluding hydrogens is 252 g/mol. The van der Waals surface area contributed by atoms with Gasteiger partial charge in [-0.2, -0.15) is 0 Å². The lowest BCUT2D eigenvalue weighted by atomic mass is 10.1. The molecule has 2 N–H and O–H groups in total. The number of anilines is 1. The molecule has 1 aromatic carbocycles. The van der Waals surface area contributed by atoms with Gasteiger partial charge in [-0.25, -0.2) is 0 Å². The summed E-state index contributed by atoms with van der Waals surface area (Å²) >= 11 is 0. The third kappa shape index (κ3) is 4.69. The molecule has 20 heavy (non-hydrogen) atoms.